The van der Waals surface area contributed by atoms with Gasteiger partial charge < -0.3 is 10.6 Å². The van der Waals surface area contributed by atoms with E-state index >= 15 is 0 Å². The maximum atomic E-state index is 5.98. The third-order valence-corrected chi connectivity index (χ3v) is 4.90. The molecule has 6 heteroatoms. The molecule has 1 saturated heterocycles. The van der Waals surface area contributed by atoms with Crippen LogP contribution in [0.15, 0.2) is 16.7 Å². The lowest BCUT2D eigenvalue weighted by atomic mass is 10.1. The fraction of sp³-hybridized carbons (Fsp3) is 0.667. The second-order valence-electron chi connectivity index (χ2n) is 5.47. The van der Waals surface area contributed by atoms with Crippen LogP contribution in [0.3, 0.4) is 0 Å². The van der Waals surface area contributed by atoms with Crippen molar-refractivity contribution in [1.29, 1.82) is 0 Å². The van der Waals surface area contributed by atoms with Gasteiger partial charge in [0.05, 0.1) is 9.50 Å². The van der Waals surface area contributed by atoms with Crippen LogP contribution in [0.2, 0.25) is 5.02 Å². The molecule has 1 aromatic heterocycles. The van der Waals surface area contributed by atoms with Crippen molar-refractivity contribution in [3.8, 4) is 0 Å². The summed E-state index contributed by atoms with van der Waals surface area (Å²) in [5, 5.41) is 0.663. The van der Waals surface area contributed by atoms with E-state index in [2.05, 4.69) is 37.6 Å². The Balaban J connectivity index is 2.03. The molecule has 1 atom stereocenters. The highest BCUT2D eigenvalue weighted by molar-refractivity contribution is 9.10. The van der Waals surface area contributed by atoms with Gasteiger partial charge in [0.15, 0.2) is 0 Å². The van der Waals surface area contributed by atoms with E-state index in [1.165, 1.54) is 6.42 Å². The smallest absolute Gasteiger partial charge is 0.143 e. The van der Waals surface area contributed by atoms with Crippen molar-refractivity contribution in [1.82, 2.24) is 9.88 Å². The van der Waals surface area contributed by atoms with Gasteiger partial charge in [-0.15, -0.1) is 0 Å². The number of aromatic nitrogens is 1. The zero-order valence-electron chi connectivity index (χ0n) is 12.6. The first-order valence-electron chi connectivity index (χ1n) is 7.65. The van der Waals surface area contributed by atoms with E-state index in [1.807, 2.05) is 6.07 Å². The van der Waals surface area contributed by atoms with Gasteiger partial charge in [0.25, 0.3) is 0 Å². The summed E-state index contributed by atoms with van der Waals surface area (Å²) in [6, 6.07) is 2.52. The molecular weight excluding hydrogens is 352 g/mol. The number of hydrogen-bond acceptors (Lipinski definition) is 4. The van der Waals surface area contributed by atoms with Gasteiger partial charge in [-0.25, -0.2) is 4.98 Å². The Morgan fingerprint density at radius 3 is 2.86 bits per heavy atom. The fourth-order valence-electron chi connectivity index (χ4n) is 2.99. The molecule has 2 N–H and O–H groups in total. The van der Waals surface area contributed by atoms with E-state index < -0.39 is 0 Å². The Morgan fingerprint density at radius 1 is 1.38 bits per heavy atom. The summed E-state index contributed by atoms with van der Waals surface area (Å²) < 4.78 is 0.970. The molecule has 1 aliphatic rings. The van der Waals surface area contributed by atoms with Crippen molar-refractivity contribution in [3.63, 3.8) is 0 Å². The van der Waals surface area contributed by atoms with Crippen LogP contribution in [0, 0.1) is 0 Å². The molecular formula is C15H24BrClN4. The topological polar surface area (TPSA) is 45.4 Å². The first kappa shape index (κ1) is 17.0. The van der Waals surface area contributed by atoms with Crippen molar-refractivity contribution in [2.24, 2.45) is 5.73 Å². The Labute approximate surface area is 140 Å². The zero-order chi connectivity index (χ0) is 15.2. The lowest BCUT2D eigenvalue weighted by Crippen LogP contribution is -2.39. The Kier molecular flexibility index (Phi) is 6.74. The minimum Gasteiger partial charge on any atom is -0.354 e. The number of rotatable bonds is 5. The summed E-state index contributed by atoms with van der Waals surface area (Å²) in [7, 11) is 0. The normalized spacial score (nSPS) is 18.6. The standard InChI is InChI=1S/C15H24BrClN4/c1-2-13(4-5-18)20-6-3-7-21(9-8-20)15-14(16)10-12(17)11-19-15/h10-11,13H,2-9,18H2,1H3. The number of nitrogens with zero attached hydrogens (tertiary/aromatic N) is 3. The highest BCUT2D eigenvalue weighted by Crippen LogP contribution is 2.27. The molecule has 21 heavy (non-hydrogen) atoms. The molecule has 2 heterocycles. The van der Waals surface area contributed by atoms with Crippen LogP contribution in [-0.4, -0.2) is 48.6 Å². The molecule has 1 aromatic rings. The molecule has 1 aliphatic heterocycles. The van der Waals surface area contributed by atoms with Crippen molar-refractivity contribution >= 4 is 33.3 Å². The summed E-state index contributed by atoms with van der Waals surface area (Å²) in [6.45, 7) is 7.25. The number of pyridine rings is 1. The van der Waals surface area contributed by atoms with E-state index in [1.54, 1.807) is 6.20 Å². The number of halogens is 2. The molecule has 2 rings (SSSR count). The van der Waals surface area contributed by atoms with Crippen LogP contribution in [0.5, 0.6) is 0 Å². The van der Waals surface area contributed by atoms with Crippen LogP contribution in [-0.2, 0) is 0 Å². The Bertz CT molecular complexity index is 457. The molecule has 118 valence electrons. The van der Waals surface area contributed by atoms with Crippen molar-refractivity contribution in [2.75, 3.05) is 37.6 Å². The average Bonchev–Trinajstić information content (AvgIpc) is 2.70. The largest absolute Gasteiger partial charge is 0.354 e. The first-order chi connectivity index (χ1) is 10.2. The van der Waals surface area contributed by atoms with Crippen LogP contribution >= 0.6 is 27.5 Å². The van der Waals surface area contributed by atoms with Crippen molar-refractivity contribution in [3.05, 3.63) is 21.8 Å². The van der Waals surface area contributed by atoms with Gasteiger partial charge in [-0.3, -0.25) is 4.90 Å². The lowest BCUT2D eigenvalue weighted by molar-refractivity contribution is 0.196. The van der Waals surface area contributed by atoms with E-state index in [0.717, 1.165) is 55.9 Å². The summed E-state index contributed by atoms with van der Waals surface area (Å²) in [5.41, 5.74) is 5.74. The SMILES string of the molecule is CCC(CCN)N1CCCN(c2ncc(Cl)cc2Br)CC1. The fourth-order valence-corrected chi connectivity index (χ4v) is 3.88. The zero-order valence-corrected chi connectivity index (χ0v) is 14.9. The van der Waals surface area contributed by atoms with Gasteiger partial charge in [0.1, 0.15) is 5.82 Å². The van der Waals surface area contributed by atoms with Crippen molar-refractivity contribution in [2.45, 2.75) is 32.2 Å². The summed E-state index contributed by atoms with van der Waals surface area (Å²) in [6.07, 6.45) is 5.12. The summed E-state index contributed by atoms with van der Waals surface area (Å²) in [5.74, 6) is 0.994. The number of nitrogens with two attached hydrogens (primary N) is 1. The molecule has 1 fully saturated rings. The molecule has 1 unspecified atom stereocenters. The van der Waals surface area contributed by atoms with Gasteiger partial charge in [0.2, 0.25) is 0 Å². The minimum absolute atomic E-state index is 0.608. The predicted octanol–water partition coefficient (Wildman–Crippen LogP) is 3.14. The van der Waals surface area contributed by atoms with Gasteiger partial charge in [0, 0.05) is 38.4 Å². The lowest BCUT2D eigenvalue weighted by Gasteiger charge is -2.29. The Morgan fingerprint density at radius 2 is 2.19 bits per heavy atom. The summed E-state index contributed by atoms with van der Waals surface area (Å²) in [4.78, 5) is 9.40. The van der Waals surface area contributed by atoms with Crippen LogP contribution in [0.25, 0.3) is 0 Å². The number of anilines is 1. The molecule has 0 radical (unpaired) electrons. The molecule has 0 spiro atoms. The van der Waals surface area contributed by atoms with Gasteiger partial charge in [-0.2, -0.15) is 0 Å². The third-order valence-electron chi connectivity index (χ3n) is 4.11. The van der Waals surface area contributed by atoms with E-state index in [4.69, 9.17) is 17.3 Å². The summed E-state index contributed by atoms with van der Waals surface area (Å²) >= 11 is 9.55. The first-order valence-corrected chi connectivity index (χ1v) is 8.83. The van der Waals surface area contributed by atoms with Crippen LogP contribution < -0.4 is 10.6 Å². The monoisotopic (exact) mass is 374 g/mol. The van der Waals surface area contributed by atoms with E-state index in [-0.39, 0.29) is 0 Å². The molecule has 0 bridgehead atoms. The van der Waals surface area contributed by atoms with Gasteiger partial charge >= 0.3 is 0 Å². The molecule has 0 amide bonds. The molecule has 0 aromatic carbocycles. The second-order valence-corrected chi connectivity index (χ2v) is 6.77. The maximum absolute atomic E-state index is 5.98. The third kappa shape index (κ3) is 4.55. The second kappa shape index (κ2) is 8.32. The highest BCUT2D eigenvalue weighted by Gasteiger charge is 2.22. The number of hydrogen-bond donors (Lipinski definition) is 1. The van der Waals surface area contributed by atoms with E-state index in [9.17, 15) is 0 Å². The minimum atomic E-state index is 0.608. The van der Waals surface area contributed by atoms with Gasteiger partial charge in [-0.05, 0) is 47.8 Å². The molecule has 4 nitrogen and oxygen atoms in total. The highest BCUT2D eigenvalue weighted by atomic mass is 79.9. The maximum Gasteiger partial charge on any atom is 0.143 e. The molecule has 0 aliphatic carbocycles. The predicted molar refractivity (Wildman–Crippen MR) is 93.1 cm³/mol. The quantitative estimate of drug-likeness (QED) is 0.859. The van der Waals surface area contributed by atoms with E-state index in [0.29, 0.717) is 11.1 Å². The van der Waals surface area contributed by atoms with Crippen LogP contribution in [0.1, 0.15) is 26.2 Å². The molecule has 0 saturated carbocycles. The average molecular weight is 376 g/mol. The van der Waals surface area contributed by atoms with Gasteiger partial charge in [-0.1, -0.05) is 18.5 Å². The van der Waals surface area contributed by atoms with Crippen molar-refractivity contribution < 1.29 is 0 Å². The Hall–Kier alpha value is -0.360. The van der Waals surface area contributed by atoms with Crippen LogP contribution in [0.4, 0.5) is 5.82 Å².